The summed E-state index contributed by atoms with van der Waals surface area (Å²) >= 11 is 0. The molecule has 0 unspecified atom stereocenters. The fraction of sp³-hybridized carbons (Fsp3) is 0.333. The third-order valence-corrected chi connectivity index (χ3v) is 3.25. The first-order valence-corrected chi connectivity index (χ1v) is 6.62. The molecule has 0 radical (unpaired) electrons. The standard InChI is InChI=1S/C15H16F3N3/c1-3-11-4-5-14(21-10(11)2)20-9-12-8-19-7-6-13(12)15(16,17)18/h4-8H,3,9H2,1-2H3,(H,20,21). The van der Waals surface area contributed by atoms with Crippen LogP contribution in [-0.4, -0.2) is 9.97 Å². The van der Waals surface area contributed by atoms with Gasteiger partial charge in [-0.25, -0.2) is 4.98 Å². The zero-order valence-corrected chi connectivity index (χ0v) is 11.8. The van der Waals surface area contributed by atoms with Gasteiger partial charge in [0.2, 0.25) is 0 Å². The molecular formula is C15H16F3N3. The van der Waals surface area contributed by atoms with E-state index in [4.69, 9.17) is 0 Å². The topological polar surface area (TPSA) is 37.8 Å². The van der Waals surface area contributed by atoms with E-state index in [2.05, 4.69) is 15.3 Å². The van der Waals surface area contributed by atoms with Gasteiger partial charge < -0.3 is 5.32 Å². The molecule has 0 fully saturated rings. The maximum atomic E-state index is 12.9. The molecule has 0 spiro atoms. The highest BCUT2D eigenvalue weighted by atomic mass is 19.4. The van der Waals surface area contributed by atoms with Gasteiger partial charge in [-0.1, -0.05) is 13.0 Å². The van der Waals surface area contributed by atoms with Gasteiger partial charge in [-0.05, 0) is 31.0 Å². The Labute approximate surface area is 121 Å². The molecule has 2 rings (SSSR count). The van der Waals surface area contributed by atoms with Gasteiger partial charge in [0.25, 0.3) is 0 Å². The van der Waals surface area contributed by atoms with Crippen molar-refractivity contribution in [2.75, 3.05) is 5.32 Å². The smallest absolute Gasteiger partial charge is 0.366 e. The molecule has 0 saturated heterocycles. The Morgan fingerprint density at radius 1 is 1.14 bits per heavy atom. The van der Waals surface area contributed by atoms with Gasteiger partial charge in [0.05, 0.1) is 5.56 Å². The van der Waals surface area contributed by atoms with Crippen molar-refractivity contribution < 1.29 is 13.2 Å². The first-order valence-electron chi connectivity index (χ1n) is 6.62. The van der Waals surface area contributed by atoms with Crippen LogP contribution in [-0.2, 0) is 19.1 Å². The van der Waals surface area contributed by atoms with E-state index >= 15 is 0 Å². The highest BCUT2D eigenvalue weighted by Crippen LogP contribution is 2.31. The molecule has 3 nitrogen and oxygen atoms in total. The van der Waals surface area contributed by atoms with Crippen LogP contribution < -0.4 is 5.32 Å². The first-order chi connectivity index (χ1) is 9.91. The second kappa shape index (κ2) is 6.11. The fourth-order valence-electron chi connectivity index (χ4n) is 2.09. The quantitative estimate of drug-likeness (QED) is 0.927. The molecule has 0 aliphatic carbocycles. The normalized spacial score (nSPS) is 11.5. The molecule has 2 heterocycles. The number of alkyl halides is 3. The first kappa shape index (κ1) is 15.3. The summed E-state index contributed by atoms with van der Waals surface area (Å²) in [5.74, 6) is 0.557. The molecule has 0 aliphatic rings. The molecule has 0 bridgehead atoms. The summed E-state index contributed by atoms with van der Waals surface area (Å²) in [5.41, 5.74) is 1.43. The van der Waals surface area contributed by atoms with Crippen LogP contribution in [0.4, 0.5) is 19.0 Å². The van der Waals surface area contributed by atoms with Crippen LogP contribution in [0.3, 0.4) is 0 Å². The van der Waals surface area contributed by atoms with Crippen LogP contribution in [0.15, 0.2) is 30.6 Å². The van der Waals surface area contributed by atoms with Gasteiger partial charge in [-0.3, -0.25) is 4.98 Å². The molecule has 0 aromatic carbocycles. The van der Waals surface area contributed by atoms with Gasteiger partial charge in [-0.2, -0.15) is 13.2 Å². The number of halogens is 3. The van der Waals surface area contributed by atoms with Crippen molar-refractivity contribution in [1.29, 1.82) is 0 Å². The van der Waals surface area contributed by atoms with Crippen molar-refractivity contribution in [2.45, 2.75) is 33.0 Å². The van der Waals surface area contributed by atoms with Crippen molar-refractivity contribution in [2.24, 2.45) is 0 Å². The van der Waals surface area contributed by atoms with E-state index in [-0.39, 0.29) is 12.1 Å². The Kier molecular flexibility index (Phi) is 4.45. The second-order valence-electron chi connectivity index (χ2n) is 4.68. The van der Waals surface area contributed by atoms with Crippen molar-refractivity contribution in [1.82, 2.24) is 9.97 Å². The minimum atomic E-state index is -4.38. The van der Waals surface area contributed by atoms with Gasteiger partial charge in [0, 0.05) is 30.2 Å². The minimum absolute atomic E-state index is 0.0284. The van der Waals surface area contributed by atoms with E-state index in [9.17, 15) is 13.2 Å². The summed E-state index contributed by atoms with van der Waals surface area (Å²) in [5, 5.41) is 2.91. The summed E-state index contributed by atoms with van der Waals surface area (Å²) in [7, 11) is 0. The Morgan fingerprint density at radius 2 is 1.90 bits per heavy atom. The number of nitrogens with zero attached hydrogens (tertiary/aromatic N) is 2. The Bertz CT molecular complexity index is 624. The van der Waals surface area contributed by atoms with Crippen LogP contribution in [0.25, 0.3) is 0 Å². The van der Waals surface area contributed by atoms with Crippen LogP contribution in [0.5, 0.6) is 0 Å². The lowest BCUT2D eigenvalue weighted by Gasteiger charge is -2.13. The van der Waals surface area contributed by atoms with E-state index < -0.39 is 11.7 Å². The number of aryl methyl sites for hydroxylation is 2. The van der Waals surface area contributed by atoms with Gasteiger partial charge in [0.15, 0.2) is 0 Å². The third kappa shape index (κ3) is 3.71. The molecule has 0 atom stereocenters. The number of rotatable bonds is 4. The van der Waals surface area contributed by atoms with Crippen molar-refractivity contribution in [3.8, 4) is 0 Å². The van der Waals surface area contributed by atoms with E-state index in [0.717, 1.165) is 29.9 Å². The number of hydrogen-bond acceptors (Lipinski definition) is 3. The predicted molar refractivity (Wildman–Crippen MR) is 74.9 cm³/mol. The lowest BCUT2D eigenvalue weighted by molar-refractivity contribution is -0.138. The molecule has 6 heteroatoms. The highest BCUT2D eigenvalue weighted by molar-refractivity contribution is 5.40. The Hall–Kier alpha value is -2.11. The maximum absolute atomic E-state index is 12.9. The largest absolute Gasteiger partial charge is 0.416 e. The number of aromatic nitrogens is 2. The van der Waals surface area contributed by atoms with E-state index in [1.165, 1.54) is 6.20 Å². The highest BCUT2D eigenvalue weighted by Gasteiger charge is 2.33. The summed E-state index contributed by atoms with van der Waals surface area (Å²) in [6.45, 7) is 3.94. The molecule has 2 aromatic heterocycles. The van der Waals surface area contributed by atoms with Gasteiger partial charge in [-0.15, -0.1) is 0 Å². The average Bonchev–Trinajstić information content (AvgIpc) is 2.44. The minimum Gasteiger partial charge on any atom is -0.366 e. The molecule has 0 saturated carbocycles. The Morgan fingerprint density at radius 3 is 2.52 bits per heavy atom. The van der Waals surface area contributed by atoms with E-state index in [1.54, 1.807) is 6.07 Å². The lowest BCUT2D eigenvalue weighted by atomic mass is 10.1. The van der Waals surface area contributed by atoms with Gasteiger partial charge in [0.1, 0.15) is 5.82 Å². The molecule has 2 aromatic rings. The number of anilines is 1. The van der Waals surface area contributed by atoms with Crippen LogP contribution in [0.1, 0.15) is 29.3 Å². The second-order valence-corrected chi connectivity index (χ2v) is 4.68. The van der Waals surface area contributed by atoms with E-state index in [0.29, 0.717) is 5.82 Å². The van der Waals surface area contributed by atoms with Crippen molar-refractivity contribution >= 4 is 5.82 Å². The summed E-state index contributed by atoms with van der Waals surface area (Å²) < 4.78 is 38.6. The zero-order chi connectivity index (χ0) is 15.5. The summed E-state index contributed by atoms with van der Waals surface area (Å²) in [6, 6.07) is 4.68. The molecule has 1 N–H and O–H groups in total. The van der Waals surface area contributed by atoms with Crippen LogP contribution >= 0.6 is 0 Å². The predicted octanol–water partition coefficient (Wildman–Crippen LogP) is 3.98. The van der Waals surface area contributed by atoms with Crippen LogP contribution in [0, 0.1) is 6.92 Å². The summed E-state index contributed by atoms with van der Waals surface area (Å²) in [6.07, 6.45) is -1.14. The maximum Gasteiger partial charge on any atom is 0.416 e. The van der Waals surface area contributed by atoms with E-state index in [1.807, 2.05) is 19.9 Å². The van der Waals surface area contributed by atoms with Gasteiger partial charge >= 0.3 is 6.18 Å². The number of pyridine rings is 2. The summed E-state index contributed by atoms with van der Waals surface area (Å²) in [4.78, 5) is 8.09. The van der Waals surface area contributed by atoms with Crippen molar-refractivity contribution in [3.63, 3.8) is 0 Å². The molecule has 0 amide bonds. The molecular weight excluding hydrogens is 279 g/mol. The zero-order valence-electron chi connectivity index (χ0n) is 11.8. The molecule has 0 aliphatic heterocycles. The van der Waals surface area contributed by atoms with Crippen LogP contribution in [0.2, 0.25) is 0 Å². The molecule has 112 valence electrons. The fourth-order valence-corrected chi connectivity index (χ4v) is 2.09. The molecule has 21 heavy (non-hydrogen) atoms. The monoisotopic (exact) mass is 295 g/mol. The Balaban J connectivity index is 2.15. The number of nitrogens with one attached hydrogen (secondary N) is 1. The SMILES string of the molecule is CCc1ccc(NCc2cnccc2C(F)(F)F)nc1C. The average molecular weight is 295 g/mol. The third-order valence-electron chi connectivity index (χ3n) is 3.25. The number of hydrogen-bond donors (Lipinski definition) is 1. The van der Waals surface area contributed by atoms with Crippen molar-refractivity contribution in [3.05, 3.63) is 53.0 Å². The lowest BCUT2D eigenvalue weighted by Crippen LogP contribution is -2.12.